The van der Waals surface area contributed by atoms with E-state index in [1.807, 2.05) is 20.8 Å². The Morgan fingerprint density at radius 3 is 1.70 bits per heavy atom. The molecular weight excluding hydrogens is 607 g/mol. The summed E-state index contributed by atoms with van der Waals surface area (Å²) in [5.74, 6) is 2.00. The molecule has 4 aromatic carbocycles. The summed E-state index contributed by atoms with van der Waals surface area (Å²) in [6.07, 6.45) is 0. The van der Waals surface area contributed by atoms with Gasteiger partial charge >= 0.3 is 0 Å². The third kappa shape index (κ3) is 8.26. The van der Waals surface area contributed by atoms with Crippen molar-refractivity contribution in [2.45, 2.75) is 89.7 Å². The molecule has 0 aromatic heterocycles. The van der Waals surface area contributed by atoms with E-state index in [-0.39, 0.29) is 20.8 Å². The maximum Gasteiger partial charge on any atom is 0.206 e. The van der Waals surface area contributed by atoms with Gasteiger partial charge in [0.2, 0.25) is 9.84 Å². The van der Waals surface area contributed by atoms with Crippen molar-refractivity contribution in [3.8, 4) is 28.4 Å². The van der Waals surface area contributed by atoms with Crippen LogP contribution in [0.3, 0.4) is 0 Å². The van der Waals surface area contributed by atoms with Crippen LogP contribution in [-0.4, -0.2) is 45.2 Å². The lowest BCUT2D eigenvalue weighted by atomic mass is 9.80. The lowest BCUT2D eigenvalue weighted by molar-refractivity contribution is 0.0339. The third-order valence-corrected chi connectivity index (χ3v) is 10.2. The summed E-state index contributed by atoms with van der Waals surface area (Å²) in [5.41, 5.74) is 8.15. The standard InChI is InChI=1S/C40H49NO5S/c1-27-22-30(23-28(2)37(27)39(4,5)6)31-24-29(3)38(32(25-31)26-41-18-20-44-21-19-41)45-33-10-14-35(15-11-33)47(42,43)36-16-12-34(13-17-36)46-40(7,8)9/h10-17,22-25H,18-21,26H2,1-9H3. The smallest absolute Gasteiger partial charge is 0.206 e. The molecule has 250 valence electrons. The van der Waals surface area contributed by atoms with Gasteiger partial charge in [-0.05, 0) is 141 Å². The zero-order chi connectivity index (χ0) is 34.1. The average molecular weight is 656 g/mol. The molecule has 6 nitrogen and oxygen atoms in total. The van der Waals surface area contributed by atoms with E-state index in [0.29, 0.717) is 24.7 Å². The fourth-order valence-corrected chi connectivity index (χ4v) is 7.83. The van der Waals surface area contributed by atoms with Crippen LogP contribution in [0.25, 0.3) is 11.1 Å². The molecule has 0 saturated carbocycles. The molecule has 0 bridgehead atoms. The van der Waals surface area contributed by atoms with Crippen molar-refractivity contribution in [2.75, 3.05) is 26.3 Å². The first-order chi connectivity index (χ1) is 22.0. The molecule has 0 aliphatic carbocycles. The molecule has 1 saturated heterocycles. The van der Waals surface area contributed by atoms with Crippen LogP contribution in [0, 0.1) is 20.8 Å². The van der Waals surface area contributed by atoms with Gasteiger partial charge in [-0.25, -0.2) is 8.42 Å². The van der Waals surface area contributed by atoms with Crippen LogP contribution in [0.4, 0.5) is 0 Å². The van der Waals surface area contributed by atoms with Crippen molar-refractivity contribution in [3.05, 3.63) is 101 Å². The molecule has 1 fully saturated rings. The lowest BCUT2D eigenvalue weighted by Crippen LogP contribution is -2.35. The van der Waals surface area contributed by atoms with Crippen LogP contribution in [0.2, 0.25) is 0 Å². The third-order valence-electron chi connectivity index (χ3n) is 8.38. The van der Waals surface area contributed by atoms with Crippen LogP contribution in [0.1, 0.15) is 69.4 Å². The maximum atomic E-state index is 13.4. The minimum Gasteiger partial charge on any atom is -0.488 e. The highest BCUT2D eigenvalue weighted by Crippen LogP contribution is 2.38. The quantitative estimate of drug-likeness (QED) is 0.189. The van der Waals surface area contributed by atoms with Gasteiger partial charge in [0.15, 0.2) is 0 Å². The highest BCUT2D eigenvalue weighted by atomic mass is 32.2. The van der Waals surface area contributed by atoms with Crippen molar-refractivity contribution >= 4 is 9.84 Å². The Hall–Kier alpha value is -3.65. The summed E-state index contributed by atoms with van der Waals surface area (Å²) < 4.78 is 44.9. The van der Waals surface area contributed by atoms with Gasteiger partial charge in [0, 0.05) is 25.2 Å². The SMILES string of the molecule is Cc1cc(-c2cc(C)c(C(C)(C)C)c(C)c2)cc(CN2CCOCC2)c1Oc1ccc(S(=O)(=O)c2ccc(OC(C)(C)C)cc2)cc1. The van der Waals surface area contributed by atoms with Crippen LogP contribution >= 0.6 is 0 Å². The highest BCUT2D eigenvalue weighted by molar-refractivity contribution is 7.91. The van der Waals surface area contributed by atoms with Gasteiger partial charge in [0.25, 0.3) is 0 Å². The molecule has 0 unspecified atom stereocenters. The second-order valence-corrected chi connectivity index (χ2v) is 16.6. The summed E-state index contributed by atoms with van der Waals surface area (Å²) in [6.45, 7) is 23.0. The van der Waals surface area contributed by atoms with E-state index in [1.165, 1.54) is 22.3 Å². The van der Waals surface area contributed by atoms with E-state index in [9.17, 15) is 8.42 Å². The Morgan fingerprint density at radius 1 is 0.702 bits per heavy atom. The number of hydrogen-bond donors (Lipinski definition) is 0. The minimum atomic E-state index is -3.71. The predicted octanol–water partition coefficient (Wildman–Crippen LogP) is 9.21. The summed E-state index contributed by atoms with van der Waals surface area (Å²) >= 11 is 0. The zero-order valence-corrected chi connectivity index (χ0v) is 30.2. The van der Waals surface area contributed by atoms with Crippen molar-refractivity contribution in [3.63, 3.8) is 0 Å². The fraction of sp³-hybridized carbons (Fsp3) is 0.400. The Bertz CT molecular complexity index is 1800. The van der Waals surface area contributed by atoms with Gasteiger partial charge in [-0.2, -0.15) is 0 Å². The van der Waals surface area contributed by atoms with Crippen molar-refractivity contribution in [2.24, 2.45) is 0 Å². The summed E-state index contributed by atoms with van der Waals surface area (Å²) in [5, 5.41) is 0. The molecule has 1 aliphatic heterocycles. The second kappa shape index (κ2) is 13.5. The van der Waals surface area contributed by atoms with Crippen molar-refractivity contribution in [1.29, 1.82) is 0 Å². The Kier molecular flexibility index (Phi) is 9.93. The summed E-state index contributed by atoms with van der Waals surface area (Å²) in [6, 6.07) is 22.3. The minimum absolute atomic E-state index is 0.0718. The van der Waals surface area contributed by atoms with E-state index in [1.54, 1.807) is 48.5 Å². The van der Waals surface area contributed by atoms with Crippen molar-refractivity contribution < 1.29 is 22.6 Å². The first-order valence-electron chi connectivity index (χ1n) is 16.4. The molecule has 0 amide bonds. The zero-order valence-electron chi connectivity index (χ0n) is 29.4. The Morgan fingerprint density at radius 2 is 1.19 bits per heavy atom. The largest absolute Gasteiger partial charge is 0.488 e. The number of sulfone groups is 1. The van der Waals surface area contributed by atoms with Gasteiger partial charge in [0.05, 0.1) is 23.0 Å². The predicted molar refractivity (Wildman–Crippen MR) is 190 cm³/mol. The van der Waals surface area contributed by atoms with Crippen LogP contribution in [-0.2, 0) is 26.5 Å². The average Bonchev–Trinajstić information content (AvgIpc) is 2.98. The van der Waals surface area contributed by atoms with E-state index >= 15 is 0 Å². The number of morpholine rings is 1. The number of benzene rings is 4. The molecule has 5 rings (SSSR count). The Labute approximate surface area is 281 Å². The number of nitrogens with zero attached hydrogens (tertiary/aromatic N) is 1. The second-order valence-electron chi connectivity index (χ2n) is 14.7. The molecule has 47 heavy (non-hydrogen) atoms. The lowest BCUT2D eigenvalue weighted by Gasteiger charge is -2.28. The molecule has 4 aromatic rings. The molecule has 1 aliphatic rings. The molecule has 0 spiro atoms. The normalized spacial score (nSPS) is 14.7. The molecule has 0 N–H and O–H groups in total. The van der Waals surface area contributed by atoms with Gasteiger partial charge in [0.1, 0.15) is 22.8 Å². The van der Waals surface area contributed by atoms with E-state index in [2.05, 4.69) is 70.7 Å². The maximum absolute atomic E-state index is 13.4. The first kappa shape index (κ1) is 34.7. The van der Waals surface area contributed by atoms with Gasteiger partial charge in [-0.1, -0.05) is 32.9 Å². The van der Waals surface area contributed by atoms with E-state index in [4.69, 9.17) is 14.2 Å². The Balaban J connectivity index is 1.45. The first-order valence-corrected chi connectivity index (χ1v) is 17.9. The van der Waals surface area contributed by atoms with Gasteiger partial charge in [-0.3, -0.25) is 4.90 Å². The van der Waals surface area contributed by atoms with E-state index in [0.717, 1.165) is 42.1 Å². The molecule has 7 heteroatoms. The fourth-order valence-electron chi connectivity index (χ4n) is 6.57. The highest BCUT2D eigenvalue weighted by Gasteiger charge is 2.23. The number of aryl methyl sites for hydroxylation is 3. The van der Waals surface area contributed by atoms with Gasteiger partial charge < -0.3 is 14.2 Å². The van der Waals surface area contributed by atoms with Crippen LogP contribution < -0.4 is 9.47 Å². The van der Waals surface area contributed by atoms with Gasteiger partial charge in [-0.15, -0.1) is 0 Å². The summed E-state index contributed by atoms with van der Waals surface area (Å²) in [7, 11) is -3.71. The molecule has 1 heterocycles. The topological polar surface area (TPSA) is 65.1 Å². The number of ether oxygens (including phenoxy) is 3. The van der Waals surface area contributed by atoms with Crippen LogP contribution in [0.15, 0.2) is 82.6 Å². The molecule has 0 atom stereocenters. The summed E-state index contributed by atoms with van der Waals surface area (Å²) in [4.78, 5) is 2.81. The number of rotatable bonds is 8. The van der Waals surface area contributed by atoms with Crippen LogP contribution in [0.5, 0.6) is 17.2 Å². The van der Waals surface area contributed by atoms with E-state index < -0.39 is 9.84 Å². The number of hydrogen-bond acceptors (Lipinski definition) is 6. The molecule has 0 radical (unpaired) electrons. The van der Waals surface area contributed by atoms with Crippen molar-refractivity contribution in [1.82, 2.24) is 4.90 Å². The monoisotopic (exact) mass is 655 g/mol. The molecular formula is C40H49NO5S.